The van der Waals surface area contributed by atoms with Crippen LogP contribution in [0.3, 0.4) is 0 Å². The second-order valence-corrected chi connectivity index (χ2v) is 22.1. The summed E-state index contributed by atoms with van der Waals surface area (Å²) in [5.74, 6) is -0.604. The summed E-state index contributed by atoms with van der Waals surface area (Å²) in [5.41, 5.74) is -0.723. The van der Waals surface area contributed by atoms with Crippen molar-refractivity contribution in [2.45, 2.75) is 122 Å². The molecule has 0 aromatic rings. The summed E-state index contributed by atoms with van der Waals surface area (Å²) < 4.78 is 23.6. The van der Waals surface area contributed by atoms with Crippen molar-refractivity contribution in [1.29, 1.82) is 0 Å². The molecule has 196 valence electrons. The molecular formula is C23H49NO7Si2. The number of alkyl carbamates (subject to hydrolysis) is 1. The zero-order chi connectivity index (χ0) is 26.6. The summed E-state index contributed by atoms with van der Waals surface area (Å²) in [4.78, 5) is 25.6. The van der Waals surface area contributed by atoms with Crippen LogP contribution in [-0.4, -0.2) is 71.4 Å². The third-order valence-electron chi connectivity index (χ3n) is 6.49. The molecule has 0 rings (SSSR count). The molecule has 2 N–H and O–H groups in total. The van der Waals surface area contributed by atoms with Gasteiger partial charge in [0.25, 0.3) is 0 Å². The average Bonchev–Trinajstić information content (AvgIpc) is 2.58. The minimum absolute atomic E-state index is 0.186. The first kappa shape index (κ1) is 32.1. The molecule has 0 saturated carbocycles. The Labute approximate surface area is 203 Å². The number of nitrogens with one attached hydrogen (secondary N) is 1. The van der Waals surface area contributed by atoms with Crippen molar-refractivity contribution in [3.63, 3.8) is 0 Å². The summed E-state index contributed by atoms with van der Waals surface area (Å²) in [6, 6.07) is -0.942. The number of aliphatic hydroxyl groups is 1. The number of carbonyl (C=O) groups is 2. The Morgan fingerprint density at radius 1 is 0.848 bits per heavy atom. The normalized spacial score (nSPS) is 16.6. The maximum atomic E-state index is 13.0. The summed E-state index contributed by atoms with van der Waals surface area (Å²) in [7, 11) is -3.63. The van der Waals surface area contributed by atoms with E-state index in [1.807, 2.05) is 26.2 Å². The van der Waals surface area contributed by atoms with E-state index in [0.29, 0.717) is 0 Å². The van der Waals surface area contributed by atoms with Gasteiger partial charge in [0, 0.05) is 0 Å². The molecule has 0 radical (unpaired) electrons. The highest BCUT2D eigenvalue weighted by Crippen LogP contribution is 2.41. The van der Waals surface area contributed by atoms with E-state index in [9.17, 15) is 14.7 Å². The Bertz CT molecular complexity index is 661. The van der Waals surface area contributed by atoms with Crippen LogP contribution in [0.25, 0.3) is 0 Å². The lowest BCUT2D eigenvalue weighted by Crippen LogP contribution is -2.62. The molecule has 0 aliphatic heterocycles. The van der Waals surface area contributed by atoms with Crippen LogP contribution < -0.4 is 5.32 Å². The van der Waals surface area contributed by atoms with E-state index in [2.05, 4.69) is 46.9 Å². The van der Waals surface area contributed by atoms with E-state index in [1.165, 1.54) is 7.11 Å². The van der Waals surface area contributed by atoms with Gasteiger partial charge in [-0.2, -0.15) is 0 Å². The Morgan fingerprint density at radius 3 is 1.61 bits per heavy atom. The lowest BCUT2D eigenvalue weighted by molar-refractivity contribution is -0.156. The summed E-state index contributed by atoms with van der Waals surface area (Å²) in [5, 5.41) is 12.6. The van der Waals surface area contributed by atoms with Crippen LogP contribution in [0.2, 0.25) is 36.3 Å². The summed E-state index contributed by atoms with van der Waals surface area (Å²) in [6.45, 7) is 25.4. The lowest BCUT2D eigenvalue weighted by Gasteiger charge is -2.45. The minimum atomic E-state index is -2.46. The van der Waals surface area contributed by atoms with Crippen molar-refractivity contribution in [1.82, 2.24) is 5.32 Å². The molecule has 0 aliphatic carbocycles. The standard InChI is InChI=1S/C23H49NO7Si2/c1-21(2,3)29-20(27)24-16(15-25)17(30-32(11,12)22(4,5)6)18(19(26)28-10)31-33(13,14)23(7,8)9/h16-18,25H,15H2,1-14H3,(H,24,27)/t16-,17-,18-/m0/s1. The molecular weight excluding hydrogens is 458 g/mol. The van der Waals surface area contributed by atoms with Gasteiger partial charge < -0.3 is 28.7 Å². The predicted molar refractivity (Wildman–Crippen MR) is 136 cm³/mol. The first-order valence-electron chi connectivity index (χ1n) is 11.5. The van der Waals surface area contributed by atoms with Gasteiger partial charge in [-0.1, -0.05) is 41.5 Å². The molecule has 0 bridgehead atoms. The van der Waals surface area contributed by atoms with Gasteiger partial charge in [0.1, 0.15) is 11.7 Å². The fourth-order valence-electron chi connectivity index (χ4n) is 2.42. The van der Waals surface area contributed by atoms with E-state index >= 15 is 0 Å². The van der Waals surface area contributed by atoms with Gasteiger partial charge in [-0.05, 0) is 57.0 Å². The van der Waals surface area contributed by atoms with E-state index in [4.69, 9.17) is 18.3 Å². The number of hydrogen-bond donors (Lipinski definition) is 2. The highest BCUT2D eigenvalue weighted by molar-refractivity contribution is 6.74. The fourth-order valence-corrected chi connectivity index (χ4v) is 4.96. The van der Waals surface area contributed by atoms with Gasteiger partial charge in [-0.3, -0.25) is 0 Å². The molecule has 0 aromatic heterocycles. The zero-order valence-corrected chi connectivity index (χ0v) is 25.3. The third kappa shape index (κ3) is 9.67. The van der Waals surface area contributed by atoms with Crippen molar-refractivity contribution in [2.24, 2.45) is 0 Å². The van der Waals surface area contributed by atoms with Crippen molar-refractivity contribution in [3.8, 4) is 0 Å². The molecule has 8 nitrogen and oxygen atoms in total. The van der Waals surface area contributed by atoms with E-state index in [-0.39, 0.29) is 10.1 Å². The molecule has 0 spiro atoms. The first-order valence-corrected chi connectivity index (χ1v) is 17.3. The molecule has 0 unspecified atom stereocenters. The van der Waals surface area contributed by atoms with Gasteiger partial charge in [-0.25, -0.2) is 9.59 Å². The maximum absolute atomic E-state index is 13.0. The number of ether oxygens (including phenoxy) is 2. The highest BCUT2D eigenvalue weighted by atomic mass is 28.4. The molecule has 3 atom stereocenters. The SMILES string of the molecule is COC(=O)[C@@H](O[Si](C)(C)C(C)(C)C)[C@@H](O[Si](C)(C)C(C)(C)C)[C@H](CO)NC(=O)OC(C)(C)C. The van der Waals surface area contributed by atoms with Gasteiger partial charge in [0.05, 0.1) is 19.8 Å². The Hall–Kier alpha value is -0.946. The van der Waals surface area contributed by atoms with Gasteiger partial charge >= 0.3 is 12.1 Å². The number of amides is 1. The number of methoxy groups -OCH3 is 1. The largest absolute Gasteiger partial charge is 0.467 e. The van der Waals surface area contributed by atoms with Crippen molar-refractivity contribution in [3.05, 3.63) is 0 Å². The smallest absolute Gasteiger partial charge is 0.408 e. The van der Waals surface area contributed by atoms with E-state index < -0.39 is 59.2 Å². The third-order valence-corrected chi connectivity index (χ3v) is 15.4. The van der Waals surface area contributed by atoms with Crippen LogP contribution in [0.1, 0.15) is 62.3 Å². The zero-order valence-electron chi connectivity index (χ0n) is 23.3. The van der Waals surface area contributed by atoms with E-state index in [1.54, 1.807) is 20.8 Å². The average molecular weight is 508 g/mol. The highest BCUT2D eigenvalue weighted by Gasteiger charge is 2.49. The van der Waals surface area contributed by atoms with Crippen LogP contribution in [-0.2, 0) is 23.1 Å². The predicted octanol–water partition coefficient (Wildman–Crippen LogP) is 4.83. The molecule has 33 heavy (non-hydrogen) atoms. The molecule has 0 aromatic carbocycles. The topological polar surface area (TPSA) is 103 Å². The molecule has 0 aliphatic rings. The molecule has 0 heterocycles. The molecule has 0 fully saturated rings. The van der Waals surface area contributed by atoms with Crippen LogP contribution in [0.4, 0.5) is 4.79 Å². The second-order valence-electron chi connectivity index (χ2n) is 12.6. The Kier molecular flexibility index (Phi) is 10.9. The number of esters is 1. The van der Waals surface area contributed by atoms with Crippen LogP contribution in [0, 0.1) is 0 Å². The van der Waals surface area contributed by atoms with Crippen LogP contribution in [0.5, 0.6) is 0 Å². The first-order chi connectivity index (χ1) is 14.5. The number of carbonyl (C=O) groups excluding carboxylic acids is 2. The quantitative estimate of drug-likeness (QED) is 0.340. The van der Waals surface area contributed by atoms with Gasteiger partial charge in [0.15, 0.2) is 22.7 Å². The summed E-state index contributed by atoms with van der Waals surface area (Å²) in [6.07, 6.45) is -2.80. The fraction of sp³-hybridized carbons (Fsp3) is 0.913. The van der Waals surface area contributed by atoms with Crippen molar-refractivity contribution in [2.75, 3.05) is 13.7 Å². The van der Waals surface area contributed by atoms with Gasteiger partial charge in [-0.15, -0.1) is 0 Å². The number of rotatable bonds is 9. The minimum Gasteiger partial charge on any atom is -0.467 e. The van der Waals surface area contributed by atoms with E-state index in [0.717, 1.165) is 0 Å². The number of hydrogen-bond acceptors (Lipinski definition) is 7. The van der Waals surface area contributed by atoms with Crippen LogP contribution >= 0.6 is 0 Å². The second kappa shape index (κ2) is 11.2. The number of aliphatic hydroxyl groups excluding tert-OH is 1. The Balaban J connectivity index is 6.46. The summed E-state index contributed by atoms with van der Waals surface area (Å²) >= 11 is 0. The van der Waals surface area contributed by atoms with Crippen molar-refractivity contribution >= 4 is 28.7 Å². The van der Waals surface area contributed by atoms with Gasteiger partial charge in [0.2, 0.25) is 0 Å². The van der Waals surface area contributed by atoms with Crippen LogP contribution in [0.15, 0.2) is 0 Å². The molecule has 1 amide bonds. The Morgan fingerprint density at radius 2 is 1.27 bits per heavy atom. The molecule has 0 saturated heterocycles. The van der Waals surface area contributed by atoms with Crippen molar-refractivity contribution < 1.29 is 33.0 Å². The maximum Gasteiger partial charge on any atom is 0.408 e. The lowest BCUT2D eigenvalue weighted by atomic mass is 10.1. The monoisotopic (exact) mass is 507 g/mol. The molecule has 10 heteroatoms.